The number of ether oxygens (including phenoxy) is 2. The Labute approximate surface area is 163 Å². The minimum Gasteiger partial charge on any atom is -0.497 e. The van der Waals surface area contributed by atoms with Crippen molar-refractivity contribution in [2.24, 2.45) is 0 Å². The fraction of sp³-hybridized carbons (Fsp3) is 0.350. The molecule has 0 aliphatic carbocycles. The van der Waals surface area contributed by atoms with Crippen molar-refractivity contribution >= 4 is 17.3 Å². The zero-order valence-corrected chi connectivity index (χ0v) is 15.9. The molecule has 0 aromatic heterocycles. The Morgan fingerprint density at radius 2 is 1.89 bits per heavy atom. The van der Waals surface area contributed by atoms with Crippen LogP contribution in [-0.4, -0.2) is 49.1 Å². The number of piperidine rings is 1. The van der Waals surface area contributed by atoms with Gasteiger partial charge in [-0.05, 0) is 31.0 Å². The van der Waals surface area contributed by atoms with E-state index in [1.807, 2.05) is 18.2 Å². The Hall–Kier alpha value is -3.29. The molecule has 1 saturated heterocycles. The summed E-state index contributed by atoms with van der Waals surface area (Å²) in [6.45, 7) is 1.16. The first-order valence-corrected chi connectivity index (χ1v) is 9.04. The Morgan fingerprint density at radius 3 is 2.54 bits per heavy atom. The molecule has 3 rings (SSSR count). The van der Waals surface area contributed by atoms with E-state index in [1.54, 1.807) is 25.2 Å². The second-order valence-electron chi connectivity index (χ2n) is 6.58. The number of nitro groups is 1. The van der Waals surface area contributed by atoms with Gasteiger partial charge in [0.2, 0.25) is 0 Å². The van der Waals surface area contributed by atoms with Gasteiger partial charge in [0.15, 0.2) is 0 Å². The standard InChI is InChI=1S/C20H23N3O5/c1-27-17-6-7-18(19(13-17)28-2)21-15-8-10-22(11-9-15)20(24)14-4-3-5-16(12-14)23(25)26/h3-7,12-13,15,21H,8-11H2,1-2H3. The number of anilines is 1. The molecule has 0 unspecified atom stereocenters. The first kappa shape index (κ1) is 19.5. The molecule has 0 spiro atoms. The molecular formula is C20H23N3O5. The molecule has 0 radical (unpaired) electrons. The van der Waals surface area contributed by atoms with Gasteiger partial charge in [-0.25, -0.2) is 0 Å². The van der Waals surface area contributed by atoms with Crippen LogP contribution in [0.2, 0.25) is 0 Å². The Bertz CT molecular complexity index is 863. The van der Waals surface area contributed by atoms with Crippen LogP contribution < -0.4 is 14.8 Å². The minimum absolute atomic E-state index is 0.0750. The van der Waals surface area contributed by atoms with Gasteiger partial charge in [-0.3, -0.25) is 14.9 Å². The first-order chi connectivity index (χ1) is 13.5. The van der Waals surface area contributed by atoms with Crippen LogP contribution in [0.1, 0.15) is 23.2 Å². The molecule has 1 N–H and O–H groups in total. The summed E-state index contributed by atoms with van der Waals surface area (Å²) in [6.07, 6.45) is 1.55. The van der Waals surface area contributed by atoms with Crippen LogP contribution in [-0.2, 0) is 0 Å². The molecule has 2 aromatic carbocycles. The minimum atomic E-state index is -0.491. The van der Waals surface area contributed by atoms with Crippen molar-refractivity contribution in [2.75, 3.05) is 32.6 Å². The van der Waals surface area contributed by atoms with Crippen molar-refractivity contribution in [3.63, 3.8) is 0 Å². The van der Waals surface area contributed by atoms with E-state index in [4.69, 9.17) is 9.47 Å². The van der Waals surface area contributed by atoms with E-state index < -0.39 is 4.92 Å². The highest BCUT2D eigenvalue weighted by molar-refractivity contribution is 5.94. The van der Waals surface area contributed by atoms with Crippen molar-refractivity contribution in [3.05, 3.63) is 58.1 Å². The predicted octanol–water partition coefficient (Wildman–Crippen LogP) is 3.33. The van der Waals surface area contributed by atoms with E-state index in [2.05, 4.69) is 5.32 Å². The van der Waals surface area contributed by atoms with Crippen molar-refractivity contribution in [1.29, 1.82) is 0 Å². The van der Waals surface area contributed by atoms with Crippen LogP contribution in [0.3, 0.4) is 0 Å². The van der Waals surface area contributed by atoms with Gasteiger partial charge in [0.25, 0.3) is 11.6 Å². The van der Waals surface area contributed by atoms with Crippen molar-refractivity contribution in [2.45, 2.75) is 18.9 Å². The number of methoxy groups -OCH3 is 2. The Balaban J connectivity index is 1.61. The molecule has 0 saturated carbocycles. The number of carbonyl (C=O) groups excluding carboxylic acids is 1. The summed E-state index contributed by atoms with van der Waals surface area (Å²) in [5, 5.41) is 14.4. The van der Waals surface area contributed by atoms with Crippen molar-refractivity contribution < 1.29 is 19.2 Å². The van der Waals surface area contributed by atoms with Crippen LogP contribution in [0, 0.1) is 10.1 Å². The van der Waals surface area contributed by atoms with Gasteiger partial charge in [-0.2, -0.15) is 0 Å². The lowest BCUT2D eigenvalue weighted by molar-refractivity contribution is -0.384. The van der Waals surface area contributed by atoms with Crippen molar-refractivity contribution in [1.82, 2.24) is 4.90 Å². The number of likely N-dealkylation sites (tertiary alicyclic amines) is 1. The predicted molar refractivity (Wildman–Crippen MR) is 105 cm³/mol. The Kier molecular flexibility index (Phi) is 5.98. The molecule has 2 aromatic rings. The molecule has 1 fully saturated rings. The number of non-ortho nitro benzene ring substituents is 1. The SMILES string of the molecule is COc1ccc(NC2CCN(C(=O)c3cccc([N+](=O)[O-])c3)CC2)c(OC)c1. The molecule has 8 heteroatoms. The van der Waals surface area contributed by atoms with E-state index in [1.165, 1.54) is 18.2 Å². The van der Waals surface area contributed by atoms with Crippen LogP contribution >= 0.6 is 0 Å². The molecule has 1 heterocycles. The molecule has 0 bridgehead atoms. The number of nitrogens with zero attached hydrogens (tertiary/aromatic N) is 2. The third kappa shape index (κ3) is 4.33. The normalized spacial score (nSPS) is 14.4. The molecule has 148 valence electrons. The summed E-state index contributed by atoms with van der Waals surface area (Å²) in [7, 11) is 3.22. The quantitative estimate of drug-likeness (QED) is 0.605. The summed E-state index contributed by atoms with van der Waals surface area (Å²) in [4.78, 5) is 24.8. The smallest absolute Gasteiger partial charge is 0.270 e. The summed E-state index contributed by atoms with van der Waals surface area (Å²) in [6, 6.07) is 11.7. The summed E-state index contributed by atoms with van der Waals surface area (Å²) >= 11 is 0. The van der Waals surface area contributed by atoms with Gasteiger partial charge >= 0.3 is 0 Å². The van der Waals surface area contributed by atoms with Crippen LogP contribution in [0.15, 0.2) is 42.5 Å². The number of benzene rings is 2. The summed E-state index contributed by atoms with van der Waals surface area (Å²) in [5.74, 6) is 1.25. The number of nitro benzene ring substituents is 1. The molecule has 1 amide bonds. The second kappa shape index (κ2) is 8.60. The lowest BCUT2D eigenvalue weighted by Crippen LogP contribution is -2.42. The highest BCUT2D eigenvalue weighted by Gasteiger charge is 2.25. The van der Waals surface area contributed by atoms with Gasteiger partial charge in [-0.15, -0.1) is 0 Å². The van der Waals surface area contributed by atoms with Gasteiger partial charge in [0.05, 0.1) is 24.8 Å². The topological polar surface area (TPSA) is 93.9 Å². The van der Waals surface area contributed by atoms with Gasteiger partial charge in [0, 0.05) is 42.9 Å². The first-order valence-electron chi connectivity index (χ1n) is 9.04. The maximum Gasteiger partial charge on any atom is 0.270 e. The summed E-state index contributed by atoms with van der Waals surface area (Å²) in [5.41, 5.74) is 1.15. The molecule has 0 atom stereocenters. The van der Waals surface area contributed by atoms with E-state index in [0.29, 0.717) is 24.4 Å². The van der Waals surface area contributed by atoms with E-state index in [-0.39, 0.29) is 17.6 Å². The zero-order chi connectivity index (χ0) is 20.1. The maximum absolute atomic E-state index is 12.7. The lowest BCUT2D eigenvalue weighted by Gasteiger charge is -2.33. The van der Waals surface area contributed by atoms with Crippen LogP contribution in [0.4, 0.5) is 11.4 Å². The Morgan fingerprint density at radius 1 is 1.14 bits per heavy atom. The number of rotatable bonds is 6. The summed E-state index contributed by atoms with van der Waals surface area (Å²) < 4.78 is 10.6. The maximum atomic E-state index is 12.7. The van der Waals surface area contributed by atoms with Gasteiger partial charge in [0.1, 0.15) is 11.5 Å². The molecule has 8 nitrogen and oxygen atoms in total. The van der Waals surface area contributed by atoms with E-state index in [9.17, 15) is 14.9 Å². The lowest BCUT2D eigenvalue weighted by atomic mass is 10.0. The highest BCUT2D eigenvalue weighted by atomic mass is 16.6. The molecule has 1 aliphatic heterocycles. The van der Waals surface area contributed by atoms with Crippen LogP contribution in [0.5, 0.6) is 11.5 Å². The number of hydrogen-bond donors (Lipinski definition) is 1. The fourth-order valence-electron chi connectivity index (χ4n) is 3.30. The highest BCUT2D eigenvalue weighted by Crippen LogP contribution is 2.31. The van der Waals surface area contributed by atoms with Crippen LogP contribution in [0.25, 0.3) is 0 Å². The molecular weight excluding hydrogens is 362 g/mol. The number of hydrogen-bond acceptors (Lipinski definition) is 6. The third-order valence-corrected chi connectivity index (χ3v) is 4.85. The second-order valence-corrected chi connectivity index (χ2v) is 6.58. The average molecular weight is 385 g/mol. The monoisotopic (exact) mass is 385 g/mol. The number of nitrogens with one attached hydrogen (secondary N) is 1. The number of carbonyl (C=O) groups is 1. The largest absolute Gasteiger partial charge is 0.497 e. The van der Waals surface area contributed by atoms with E-state index >= 15 is 0 Å². The average Bonchev–Trinajstić information content (AvgIpc) is 2.74. The van der Waals surface area contributed by atoms with Gasteiger partial charge < -0.3 is 19.7 Å². The fourth-order valence-corrected chi connectivity index (χ4v) is 3.30. The van der Waals surface area contributed by atoms with Crippen molar-refractivity contribution in [3.8, 4) is 11.5 Å². The molecule has 28 heavy (non-hydrogen) atoms. The van der Waals surface area contributed by atoms with E-state index in [0.717, 1.165) is 24.3 Å². The molecule has 1 aliphatic rings. The third-order valence-electron chi connectivity index (χ3n) is 4.85. The zero-order valence-electron chi connectivity index (χ0n) is 15.9. The van der Waals surface area contributed by atoms with Gasteiger partial charge in [-0.1, -0.05) is 6.07 Å². The number of amides is 1.